The second kappa shape index (κ2) is 7.86. The fourth-order valence-electron chi connectivity index (χ4n) is 3.57. The minimum atomic E-state index is -0.438. The van der Waals surface area contributed by atoms with Gasteiger partial charge in [-0.05, 0) is 41.6 Å². The van der Waals surface area contributed by atoms with E-state index in [1.807, 2.05) is 4.68 Å². The van der Waals surface area contributed by atoms with Gasteiger partial charge in [0.1, 0.15) is 5.52 Å². The van der Waals surface area contributed by atoms with Crippen LogP contribution in [0.1, 0.15) is 43.0 Å². The third-order valence-electron chi connectivity index (χ3n) is 4.90. The van der Waals surface area contributed by atoms with Crippen LogP contribution in [0.4, 0.5) is 0 Å². The van der Waals surface area contributed by atoms with Crippen LogP contribution in [0.25, 0.3) is 17.0 Å². The summed E-state index contributed by atoms with van der Waals surface area (Å²) in [5.74, 6) is 0.885. The molecule has 0 aromatic carbocycles. The summed E-state index contributed by atoms with van der Waals surface area (Å²) in [6, 6.07) is 0. The lowest BCUT2D eigenvalue weighted by Gasteiger charge is -2.11. The van der Waals surface area contributed by atoms with Gasteiger partial charge in [0.2, 0.25) is 5.88 Å². The van der Waals surface area contributed by atoms with Crippen molar-refractivity contribution < 1.29 is 14.3 Å². The van der Waals surface area contributed by atoms with E-state index in [-0.39, 0.29) is 0 Å². The number of nitrogens with zero attached hydrogens (tertiary/aromatic N) is 6. The van der Waals surface area contributed by atoms with Gasteiger partial charge in [-0.1, -0.05) is 12.8 Å². The van der Waals surface area contributed by atoms with Gasteiger partial charge in [0.15, 0.2) is 10.1 Å². The average molecular weight is 449 g/mol. The first-order chi connectivity index (χ1) is 13.6. The molecule has 3 heterocycles. The van der Waals surface area contributed by atoms with E-state index in [2.05, 4.69) is 36.1 Å². The lowest BCUT2D eigenvalue weighted by atomic mass is 10.1. The fourth-order valence-corrected chi connectivity index (χ4v) is 4.04. The Kier molecular flexibility index (Phi) is 5.29. The highest BCUT2D eigenvalue weighted by Gasteiger charge is 2.23. The molecule has 0 amide bonds. The molecule has 1 fully saturated rings. The van der Waals surface area contributed by atoms with Crippen LogP contribution >= 0.6 is 15.9 Å². The number of methoxy groups -OCH3 is 1. The number of esters is 1. The van der Waals surface area contributed by atoms with Gasteiger partial charge >= 0.3 is 5.97 Å². The van der Waals surface area contributed by atoms with Crippen molar-refractivity contribution in [1.82, 2.24) is 29.5 Å². The van der Waals surface area contributed by atoms with Crippen molar-refractivity contribution in [1.29, 1.82) is 0 Å². The lowest BCUT2D eigenvalue weighted by molar-refractivity contribution is 0.0526. The summed E-state index contributed by atoms with van der Waals surface area (Å²) in [5, 5.41) is 8.79. The summed E-state index contributed by atoms with van der Waals surface area (Å²) < 4.78 is 14.5. The molecule has 0 atom stereocenters. The van der Waals surface area contributed by atoms with E-state index in [4.69, 9.17) is 9.47 Å². The number of halogens is 1. The number of hydrogen-bond donors (Lipinski definition) is 0. The summed E-state index contributed by atoms with van der Waals surface area (Å²) in [4.78, 5) is 21.0. The summed E-state index contributed by atoms with van der Waals surface area (Å²) in [5.41, 5.74) is 1.73. The second-order valence-electron chi connectivity index (χ2n) is 6.75. The average Bonchev–Trinajstić information content (AvgIpc) is 3.43. The van der Waals surface area contributed by atoms with Gasteiger partial charge in [-0.3, -0.25) is 4.68 Å². The molecule has 3 aromatic rings. The van der Waals surface area contributed by atoms with Gasteiger partial charge in [0, 0.05) is 12.7 Å². The quantitative estimate of drug-likeness (QED) is 0.534. The molecule has 28 heavy (non-hydrogen) atoms. The first-order valence-electron chi connectivity index (χ1n) is 9.31. The summed E-state index contributed by atoms with van der Waals surface area (Å²) in [7, 11) is 1.57. The van der Waals surface area contributed by atoms with E-state index in [1.165, 1.54) is 42.8 Å². The highest BCUT2D eigenvalue weighted by Crippen LogP contribution is 2.32. The van der Waals surface area contributed by atoms with Crippen molar-refractivity contribution in [3.05, 3.63) is 22.6 Å². The molecule has 0 saturated heterocycles. The molecule has 10 heteroatoms. The molecule has 9 nitrogen and oxygen atoms in total. The van der Waals surface area contributed by atoms with E-state index in [1.54, 1.807) is 14.0 Å². The predicted molar refractivity (Wildman–Crippen MR) is 105 cm³/mol. The highest BCUT2D eigenvalue weighted by atomic mass is 79.9. The predicted octanol–water partition coefficient (Wildman–Crippen LogP) is 3.15. The van der Waals surface area contributed by atoms with Gasteiger partial charge in [-0.2, -0.15) is 15.2 Å². The molecule has 0 N–H and O–H groups in total. The van der Waals surface area contributed by atoms with Crippen LogP contribution in [0.5, 0.6) is 5.88 Å². The maximum Gasteiger partial charge on any atom is 0.341 e. The van der Waals surface area contributed by atoms with Crippen LogP contribution < -0.4 is 4.74 Å². The normalized spacial score (nSPS) is 14.7. The lowest BCUT2D eigenvalue weighted by Crippen LogP contribution is -2.10. The molecule has 148 valence electrons. The van der Waals surface area contributed by atoms with Crippen molar-refractivity contribution in [2.24, 2.45) is 5.92 Å². The Morgan fingerprint density at radius 2 is 2.11 bits per heavy atom. The van der Waals surface area contributed by atoms with Crippen molar-refractivity contribution >= 4 is 32.9 Å². The van der Waals surface area contributed by atoms with Crippen molar-refractivity contribution in [3.63, 3.8) is 0 Å². The fraction of sp³-hybridized carbons (Fsp3) is 0.500. The minimum absolute atomic E-state index is 0.293. The molecular formula is C18H21BrN6O3. The molecule has 0 bridgehead atoms. The van der Waals surface area contributed by atoms with Crippen LogP contribution in [0, 0.1) is 5.92 Å². The molecule has 0 aliphatic heterocycles. The molecule has 0 spiro atoms. The zero-order valence-electron chi connectivity index (χ0n) is 15.8. The molecular weight excluding hydrogens is 428 g/mol. The van der Waals surface area contributed by atoms with E-state index in [0.29, 0.717) is 40.0 Å². The van der Waals surface area contributed by atoms with E-state index in [0.717, 1.165) is 12.1 Å². The maximum absolute atomic E-state index is 11.9. The summed E-state index contributed by atoms with van der Waals surface area (Å²) in [6.07, 6.45) is 7.93. The third-order valence-corrected chi connectivity index (χ3v) is 5.43. The smallest absolute Gasteiger partial charge is 0.341 e. The topological polar surface area (TPSA) is 96.9 Å². The monoisotopic (exact) mass is 448 g/mol. The molecule has 1 saturated carbocycles. The minimum Gasteiger partial charge on any atom is -0.479 e. The first-order valence-corrected chi connectivity index (χ1v) is 10.1. The Balaban J connectivity index is 1.73. The number of fused-ring (bicyclic) bond motifs is 1. The molecule has 0 radical (unpaired) electrons. The van der Waals surface area contributed by atoms with Gasteiger partial charge in [0.25, 0.3) is 5.95 Å². The third kappa shape index (κ3) is 3.48. The van der Waals surface area contributed by atoms with Gasteiger partial charge in [0.05, 0.1) is 25.5 Å². The molecule has 1 aliphatic carbocycles. The van der Waals surface area contributed by atoms with Crippen LogP contribution in [0.15, 0.2) is 17.0 Å². The van der Waals surface area contributed by atoms with Crippen LogP contribution in [0.2, 0.25) is 0 Å². The van der Waals surface area contributed by atoms with E-state index < -0.39 is 5.97 Å². The van der Waals surface area contributed by atoms with Crippen LogP contribution in [-0.4, -0.2) is 49.2 Å². The SMILES string of the molecule is CCOC(=O)c1cnn(-c2nc(OC)c3c(n2)c(Br)nn3CC2CCCC2)c1. The Morgan fingerprint density at radius 3 is 2.82 bits per heavy atom. The second-order valence-corrected chi connectivity index (χ2v) is 7.50. The van der Waals surface area contributed by atoms with Crippen molar-refractivity contribution in [2.45, 2.75) is 39.2 Å². The maximum atomic E-state index is 11.9. The van der Waals surface area contributed by atoms with E-state index >= 15 is 0 Å². The van der Waals surface area contributed by atoms with Crippen LogP contribution in [0.3, 0.4) is 0 Å². The Morgan fingerprint density at radius 1 is 1.32 bits per heavy atom. The zero-order chi connectivity index (χ0) is 19.7. The molecule has 4 rings (SSSR count). The van der Waals surface area contributed by atoms with Crippen molar-refractivity contribution in [2.75, 3.05) is 13.7 Å². The summed E-state index contributed by atoms with van der Waals surface area (Å²) in [6.45, 7) is 2.87. The number of hydrogen-bond acceptors (Lipinski definition) is 7. The number of ether oxygens (including phenoxy) is 2. The largest absolute Gasteiger partial charge is 0.479 e. The number of carbonyl (C=O) groups is 1. The number of carbonyl (C=O) groups excluding carboxylic acids is 1. The first kappa shape index (κ1) is 18.9. The molecule has 1 aliphatic rings. The van der Waals surface area contributed by atoms with Gasteiger partial charge in [-0.15, -0.1) is 0 Å². The Bertz CT molecular complexity index is 1010. The highest BCUT2D eigenvalue weighted by molar-refractivity contribution is 9.10. The summed E-state index contributed by atoms with van der Waals surface area (Å²) >= 11 is 3.50. The van der Waals surface area contributed by atoms with Gasteiger partial charge in [-0.25, -0.2) is 14.5 Å². The Hall–Kier alpha value is -2.49. The Labute approximate surface area is 170 Å². The van der Waals surface area contributed by atoms with E-state index in [9.17, 15) is 4.79 Å². The molecule has 3 aromatic heterocycles. The number of rotatable bonds is 6. The van der Waals surface area contributed by atoms with Crippen LogP contribution in [-0.2, 0) is 11.3 Å². The molecule has 0 unspecified atom stereocenters. The van der Waals surface area contributed by atoms with Crippen molar-refractivity contribution in [3.8, 4) is 11.8 Å². The van der Waals surface area contributed by atoms with Gasteiger partial charge < -0.3 is 9.47 Å². The zero-order valence-corrected chi connectivity index (χ0v) is 17.3. The number of aromatic nitrogens is 6. The standard InChI is InChI=1S/C18H21BrN6O3/c1-3-28-17(26)12-8-20-25(10-12)18-21-13-14(16(22-18)27-2)24(23-15(13)19)9-11-6-4-5-7-11/h8,10-11H,3-7,9H2,1-2H3.